The molecule has 0 bridgehead atoms. The molecule has 274 valence electrons. The molecule has 0 atom stereocenters. The summed E-state index contributed by atoms with van der Waals surface area (Å²) in [6, 6.07) is 0. The van der Waals surface area contributed by atoms with Crippen LogP contribution in [0.2, 0.25) is 0 Å². The summed E-state index contributed by atoms with van der Waals surface area (Å²) in [6.07, 6.45) is 33.6. The van der Waals surface area contributed by atoms with Gasteiger partial charge in [-0.1, -0.05) is 175 Å². The Morgan fingerprint density at radius 1 is 0.447 bits per heavy atom. The van der Waals surface area contributed by atoms with Gasteiger partial charge in [-0.3, -0.25) is 0 Å². The van der Waals surface area contributed by atoms with Crippen LogP contribution in [0.4, 0.5) is 4.79 Å². The maximum atomic E-state index is 12.0. The van der Waals surface area contributed by atoms with Crippen molar-refractivity contribution < 1.29 is 24.5 Å². The summed E-state index contributed by atoms with van der Waals surface area (Å²) in [4.78, 5) is 12.0. The molecule has 0 aromatic heterocycles. The fourth-order valence-electron chi connectivity index (χ4n) is 6.85. The predicted molar refractivity (Wildman–Crippen MR) is 201 cm³/mol. The quantitative estimate of drug-likeness (QED) is 0.0446. The van der Waals surface area contributed by atoms with Crippen LogP contribution in [0.15, 0.2) is 0 Å². The number of benzene rings is 1. The van der Waals surface area contributed by atoms with Crippen LogP contribution < -0.4 is 9.47 Å². The van der Waals surface area contributed by atoms with Gasteiger partial charge < -0.3 is 19.7 Å². The number of hydrogen-bond donors (Lipinski definition) is 2. The van der Waals surface area contributed by atoms with Gasteiger partial charge in [0.1, 0.15) is 0 Å². The highest BCUT2D eigenvalue weighted by Gasteiger charge is 2.27. The third-order valence-corrected chi connectivity index (χ3v) is 9.73. The van der Waals surface area contributed by atoms with Gasteiger partial charge in [-0.2, -0.15) is 0 Å². The smallest absolute Gasteiger partial charge is 0.504 e. The Morgan fingerprint density at radius 2 is 0.787 bits per heavy atom. The van der Waals surface area contributed by atoms with Crippen molar-refractivity contribution in [3.8, 4) is 17.2 Å². The summed E-state index contributed by atoms with van der Waals surface area (Å²) < 4.78 is 11.9. The van der Waals surface area contributed by atoms with Gasteiger partial charge in [0, 0.05) is 11.1 Å². The first kappa shape index (κ1) is 43.1. The Bertz CT molecular complexity index is 896. The number of ether oxygens (including phenoxy) is 2. The number of carbonyl (C=O) groups is 1. The molecule has 0 aliphatic heterocycles. The maximum absolute atomic E-state index is 12.0. The van der Waals surface area contributed by atoms with Crippen LogP contribution in [-0.2, 0) is 19.3 Å². The minimum Gasteiger partial charge on any atom is -0.504 e. The van der Waals surface area contributed by atoms with Crippen molar-refractivity contribution in [1.82, 2.24) is 0 Å². The third-order valence-electron chi connectivity index (χ3n) is 9.73. The fourth-order valence-corrected chi connectivity index (χ4v) is 6.85. The second kappa shape index (κ2) is 30.2. The SMILES string of the molecule is CCCCCCCCCc1c(O)c(OC(=O)O)c(OCCCCCCCC)c(CCCCCCCCC)c1CCCCCCCCC. The predicted octanol–water partition coefficient (Wildman–Crippen LogP) is 14.1. The fraction of sp³-hybridized carbons (Fsp3) is 0.833. The van der Waals surface area contributed by atoms with E-state index in [1.54, 1.807) is 0 Å². The van der Waals surface area contributed by atoms with Crippen LogP contribution in [0, 0.1) is 0 Å². The van der Waals surface area contributed by atoms with Gasteiger partial charge in [0.05, 0.1) is 6.61 Å². The van der Waals surface area contributed by atoms with Crippen molar-refractivity contribution in [3.63, 3.8) is 0 Å². The van der Waals surface area contributed by atoms with E-state index in [9.17, 15) is 15.0 Å². The first-order valence-corrected chi connectivity index (χ1v) is 20.4. The van der Waals surface area contributed by atoms with E-state index in [1.807, 2.05) is 0 Å². The lowest BCUT2D eigenvalue weighted by Crippen LogP contribution is -2.12. The number of aromatic hydroxyl groups is 1. The molecular formula is C42H76O5. The number of carboxylic acid groups (broad SMARTS) is 1. The Kier molecular flexibility index (Phi) is 27.7. The average Bonchev–Trinajstić information content (AvgIpc) is 3.06. The van der Waals surface area contributed by atoms with Crippen molar-refractivity contribution in [1.29, 1.82) is 0 Å². The van der Waals surface area contributed by atoms with Gasteiger partial charge in [-0.25, -0.2) is 4.79 Å². The summed E-state index contributed by atoms with van der Waals surface area (Å²) >= 11 is 0. The highest BCUT2D eigenvalue weighted by atomic mass is 16.7. The Balaban J connectivity index is 3.33. The lowest BCUT2D eigenvalue weighted by Gasteiger charge is -2.24. The first-order chi connectivity index (χ1) is 23.0. The molecule has 2 N–H and O–H groups in total. The number of phenols is 1. The molecule has 1 aromatic rings. The Hall–Kier alpha value is -1.91. The van der Waals surface area contributed by atoms with Gasteiger partial charge in [-0.05, 0) is 50.5 Å². The van der Waals surface area contributed by atoms with Crippen LogP contribution in [0.5, 0.6) is 17.2 Å². The van der Waals surface area contributed by atoms with E-state index < -0.39 is 6.16 Å². The molecule has 0 spiro atoms. The largest absolute Gasteiger partial charge is 0.511 e. The molecular weight excluding hydrogens is 584 g/mol. The molecule has 0 saturated carbocycles. The van der Waals surface area contributed by atoms with E-state index in [0.29, 0.717) is 12.4 Å². The lowest BCUT2D eigenvalue weighted by molar-refractivity contribution is 0.140. The van der Waals surface area contributed by atoms with Crippen molar-refractivity contribution in [3.05, 3.63) is 16.7 Å². The van der Waals surface area contributed by atoms with Crippen LogP contribution in [0.3, 0.4) is 0 Å². The van der Waals surface area contributed by atoms with E-state index >= 15 is 0 Å². The van der Waals surface area contributed by atoms with Crippen molar-refractivity contribution in [2.75, 3.05) is 6.61 Å². The van der Waals surface area contributed by atoms with Gasteiger partial charge in [-0.15, -0.1) is 0 Å². The van der Waals surface area contributed by atoms with E-state index in [1.165, 1.54) is 134 Å². The summed E-state index contributed by atoms with van der Waals surface area (Å²) in [5.41, 5.74) is 3.22. The highest BCUT2D eigenvalue weighted by molar-refractivity contribution is 5.70. The van der Waals surface area contributed by atoms with Crippen molar-refractivity contribution in [2.24, 2.45) is 0 Å². The summed E-state index contributed by atoms with van der Waals surface area (Å²) in [5, 5.41) is 21.5. The van der Waals surface area contributed by atoms with E-state index in [2.05, 4.69) is 27.7 Å². The minimum atomic E-state index is -1.40. The number of phenolic OH excluding ortho intramolecular Hbond substituents is 1. The number of rotatable bonds is 33. The van der Waals surface area contributed by atoms with Crippen LogP contribution in [-0.4, -0.2) is 23.0 Å². The molecule has 0 saturated heterocycles. The number of unbranched alkanes of at least 4 members (excludes halogenated alkanes) is 23. The lowest BCUT2D eigenvalue weighted by atomic mass is 9.88. The second-order valence-electron chi connectivity index (χ2n) is 14.0. The average molecular weight is 661 g/mol. The van der Waals surface area contributed by atoms with Gasteiger partial charge in [0.15, 0.2) is 11.5 Å². The summed E-state index contributed by atoms with van der Waals surface area (Å²) in [7, 11) is 0. The van der Waals surface area contributed by atoms with E-state index in [4.69, 9.17) is 9.47 Å². The van der Waals surface area contributed by atoms with Gasteiger partial charge in [0.25, 0.3) is 0 Å². The standard InChI is InChI=1S/C42H76O5/c1-5-9-13-17-21-24-28-32-36-37(33-29-25-22-18-14-10-6-2)39(43)41(47-42(44)45)40(46-35-31-27-20-16-12-8-4)38(36)34-30-26-23-19-15-11-7-3/h43H,5-35H2,1-4H3,(H,44,45). The van der Waals surface area contributed by atoms with Crippen molar-refractivity contribution >= 4 is 6.16 Å². The Labute approximate surface area is 291 Å². The normalized spacial score (nSPS) is 11.3. The number of hydrogen-bond acceptors (Lipinski definition) is 4. The molecule has 0 aliphatic carbocycles. The van der Waals surface area contributed by atoms with E-state index in [-0.39, 0.29) is 11.5 Å². The van der Waals surface area contributed by atoms with Crippen molar-refractivity contribution in [2.45, 2.75) is 220 Å². The molecule has 1 rings (SSSR count). The van der Waals surface area contributed by atoms with Crippen LogP contribution in [0.25, 0.3) is 0 Å². The molecule has 5 heteroatoms. The maximum Gasteiger partial charge on any atom is 0.511 e. The highest BCUT2D eigenvalue weighted by Crippen LogP contribution is 2.47. The van der Waals surface area contributed by atoms with Crippen LogP contribution in [0.1, 0.15) is 218 Å². The third kappa shape index (κ3) is 20.3. The topological polar surface area (TPSA) is 76.0 Å². The Morgan fingerprint density at radius 3 is 1.19 bits per heavy atom. The molecule has 0 aliphatic rings. The van der Waals surface area contributed by atoms with Gasteiger partial charge in [0.2, 0.25) is 5.75 Å². The molecule has 47 heavy (non-hydrogen) atoms. The van der Waals surface area contributed by atoms with Crippen LogP contribution >= 0.6 is 0 Å². The zero-order valence-corrected chi connectivity index (χ0v) is 31.5. The molecule has 0 unspecified atom stereocenters. The zero-order valence-electron chi connectivity index (χ0n) is 31.5. The molecule has 0 heterocycles. The summed E-state index contributed by atoms with van der Waals surface area (Å²) in [5.74, 6) is 0.519. The minimum absolute atomic E-state index is 0.00223. The molecule has 0 fully saturated rings. The molecule has 0 radical (unpaired) electrons. The monoisotopic (exact) mass is 661 g/mol. The summed E-state index contributed by atoms with van der Waals surface area (Å²) in [6.45, 7) is 9.51. The second-order valence-corrected chi connectivity index (χ2v) is 14.0. The van der Waals surface area contributed by atoms with E-state index in [0.717, 1.165) is 75.3 Å². The zero-order chi connectivity index (χ0) is 34.4. The molecule has 5 nitrogen and oxygen atoms in total. The van der Waals surface area contributed by atoms with Gasteiger partial charge >= 0.3 is 6.16 Å². The molecule has 0 amide bonds. The first-order valence-electron chi connectivity index (χ1n) is 20.4. The molecule has 1 aromatic carbocycles.